The van der Waals surface area contributed by atoms with Crippen LogP contribution in [0.2, 0.25) is 0 Å². The summed E-state index contributed by atoms with van der Waals surface area (Å²) in [5, 5.41) is 9.42. The molecule has 2 nitrogen and oxygen atoms in total. The molecule has 0 aromatic heterocycles. The molecule has 0 aliphatic heterocycles. The van der Waals surface area contributed by atoms with Crippen molar-refractivity contribution in [2.45, 2.75) is 40.0 Å². The van der Waals surface area contributed by atoms with Crippen molar-refractivity contribution >= 4 is 0 Å². The van der Waals surface area contributed by atoms with Crippen molar-refractivity contribution in [3.05, 3.63) is 29.3 Å². The number of hydrogen-bond acceptors (Lipinski definition) is 2. The minimum Gasteiger partial charge on any atom is -0.496 e. The van der Waals surface area contributed by atoms with Crippen LogP contribution in [-0.4, -0.2) is 18.8 Å². The Morgan fingerprint density at radius 3 is 2.28 bits per heavy atom. The molecule has 2 heteroatoms. The second-order valence-corrected chi connectivity index (χ2v) is 5.62. The van der Waals surface area contributed by atoms with Crippen LogP contribution in [0.4, 0.5) is 0 Å². The van der Waals surface area contributed by atoms with Crippen LogP contribution < -0.4 is 4.74 Å². The average molecular weight is 250 g/mol. The topological polar surface area (TPSA) is 29.5 Å². The minimum absolute atomic E-state index is 0.229. The van der Waals surface area contributed by atoms with Gasteiger partial charge >= 0.3 is 0 Å². The summed E-state index contributed by atoms with van der Waals surface area (Å²) in [6.45, 7) is 8.89. The third-order valence-corrected chi connectivity index (χ3v) is 3.64. The molecule has 1 rings (SSSR count). The summed E-state index contributed by atoms with van der Waals surface area (Å²) in [6, 6.07) is 6.42. The molecule has 0 heterocycles. The van der Waals surface area contributed by atoms with E-state index in [9.17, 15) is 5.11 Å². The van der Waals surface area contributed by atoms with Gasteiger partial charge in [-0.2, -0.15) is 0 Å². The summed E-state index contributed by atoms with van der Waals surface area (Å²) in [4.78, 5) is 0. The summed E-state index contributed by atoms with van der Waals surface area (Å²) >= 11 is 0. The highest BCUT2D eigenvalue weighted by atomic mass is 16.5. The number of aliphatic hydroxyl groups excluding tert-OH is 1. The summed E-state index contributed by atoms with van der Waals surface area (Å²) in [5.41, 5.74) is 2.48. The quantitative estimate of drug-likeness (QED) is 0.835. The van der Waals surface area contributed by atoms with E-state index in [0.29, 0.717) is 17.8 Å². The first-order valence-electron chi connectivity index (χ1n) is 6.77. The average Bonchev–Trinajstić information content (AvgIpc) is 2.35. The van der Waals surface area contributed by atoms with E-state index in [0.717, 1.165) is 12.2 Å². The number of benzene rings is 1. The molecule has 1 N–H and O–H groups in total. The Kier molecular flexibility index (Phi) is 5.67. The van der Waals surface area contributed by atoms with Crippen molar-refractivity contribution in [1.29, 1.82) is 0 Å². The second-order valence-electron chi connectivity index (χ2n) is 5.62. The Hall–Kier alpha value is -1.02. The lowest BCUT2D eigenvalue weighted by Gasteiger charge is -2.20. The lowest BCUT2D eigenvalue weighted by Crippen LogP contribution is -2.16. The van der Waals surface area contributed by atoms with Crippen molar-refractivity contribution in [2.24, 2.45) is 11.8 Å². The molecule has 0 saturated heterocycles. The molecule has 0 saturated carbocycles. The van der Waals surface area contributed by atoms with Crippen LogP contribution in [0.5, 0.6) is 5.75 Å². The maximum Gasteiger partial charge on any atom is 0.122 e. The first kappa shape index (κ1) is 15.0. The molecule has 1 aromatic carbocycles. The van der Waals surface area contributed by atoms with Crippen molar-refractivity contribution < 1.29 is 9.84 Å². The van der Waals surface area contributed by atoms with Gasteiger partial charge in [-0.05, 0) is 41.4 Å². The first-order chi connectivity index (χ1) is 8.49. The monoisotopic (exact) mass is 250 g/mol. The van der Waals surface area contributed by atoms with Crippen LogP contribution in [-0.2, 0) is 6.42 Å². The third kappa shape index (κ3) is 3.74. The normalized spacial score (nSPS) is 13.1. The zero-order valence-corrected chi connectivity index (χ0v) is 12.2. The van der Waals surface area contributed by atoms with Crippen LogP contribution >= 0.6 is 0 Å². The molecule has 102 valence electrons. The van der Waals surface area contributed by atoms with E-state index in [1.165, 1.54) is 11.1 Å². The van der Waals surface area contributed by atoms with Gasteiger partial charge in [-0.25, -0.2) is 0 Å². The van der Waals surface area contributed by atoms with E-state index in [1.54, 1.807) is 7.11 Å². The van der Waals surface area contributed by atoms with E-state index < -0.39 is 0 Å². The molecule has 0 amide bonds. The Bertz CT molecular complexity index is 369. The molecule has 0 aliphatic carbocycles. The molecular weight excluding hydrogens is 224 g/mol. The smallest absolute Gasteiger partial charge is 0.122 e. The molecule has 1 unspecified atom stereocenters. The maximum atomic E-state index is 9.42. The number of rotatable bonds is 6. The van der Waals surface area contributed by atoms with Gasteiger partial charge in [0.25, 0.3) is 0 Å². The van der Waals surface area contributed by atoms with Gasteiger partial charge < -0.3 is 9.84 Å². The van der Waals surface area contributed by atoms with Gasteiger partial charge in [-0.15, -0.1) is 0 Å². The zero-order valence-electron chi connectivity index (χ0n) is 12.2. The van der Waals surface area contributed by atoms with Gasteiger partial charge in [0.05, 0.1) is 7.11 Å². The van der Waals surface area contributed by atoms with E-state index in [-0.39, 0.29) is 6.61 Å². The highest BCUT2D eigenvalue weighted by Gasteiger charge is 2.16. The highest BCUT2D eigenvalue weighted by molar-refractivity contribution is 5.39. The molecule has 18 heavy (non-hydrogen) atoms. The Morgan fingerprint density at radius 1 is 1.17 bits per heavy atom. The summed E-state index contributed by atoms with van der Waals surface area (Å²) in [6.07, 6.45) is 0.871. The van der Waals surface area contributed by atoms with Crippen LogP contribution in [0.3, 0.4) is 0 Å². The molecule has 0 fully saturated rings. The van der Waals surface area contributed by atoms with Crippen LogP contribution in [0.15, 0.2) is 18.2 Å². The predicted octanol–water partition coefficient (Wildman–Crippen LogP) is 3.63. The van der Waals surface area contributed by atoms with Crippen molar-refractivity contribution in [2.75, 3.05) is 13.7 Å². The fourth-order valence-corrected chi connectivity index (χ4v) is 2.08. The van der Waals surface area contributed by atoms with Gasteiger partial charge in [0.15, 0.2) is 0 Å². The molecule has 0 aliphatic rings. The predicted molar refractivity (Wildman–Crippen MR) is 76.2 cm³/mol. The Balaban J connectivity index is 2.95. The lowest BCUT2D eigenvalue weighted by atomic mass is 9.88. The van der Waals surface area contributed by atoms with Crippen LogP contribution in [0.25, 0.3) is 0 Å². The number of methoxy groups -OCH3 is 1. The number of ether oxygens (including phenoxy) is 1. The molecule has 1 aromatic rings. The molecule has 0 bridgehead atoms. The number of hydrogen-bond donors (Lipinski definition) is 1. The number of aliphatic hydroxyl groups is 1. The largest absolute Gasteiger partial charge is 0.496 e. The van der Waals surface area contributed by atoms with Crippen LogP contribution in [0.1, 0.15) is 44.7 Å². The van der Waals surface area contributed by atoms with E-state index in [1.807, 2.05) is 0 Å². The summed E-state index contributed by atoms with van der Waals surface area (Å²) in [7, 11) is 1.71. The van der Waals surface area contributed by atoms with Gasteiger partial charge in [0, 0.05) is 6.61 Å². The Labute approximate surface area is 111 Å². The highest BCUT2D eigenvalue weighted by Crippen LogP contribution is 2.28. The minimum atomic E-state index is 0.229. The van der Waals surface area contributed by atoms with E-state index in [4.69, 9.17) is 4.74 Å². The fourth-order valence-electron chi connectivity index (χ4n) is 2.08. The Morgan fingerprint density at radius 2 is 1.83 bits per heavy atom. The fraction of sp³-hybridized carbons (Fsp3) is 0.625. The second kappa shape index (κ2) is 6.79. The standard InChI is InChI=1S/C16H26O2/c1-11(2)13-6-7-14(16(9-13)18-5)8-15(10-17)12(3)4/h6-7,9,11-12,15,17H,8,10H2,1-5H3. The third-order valence-electron chi connectivity index (χ3n) is 3.64. The van der Waals surface area contributed by atoms with Crippen LogP contribution in [0, 0.1) is 11.8 Å². The van der Waals surface area contributed by atoms with Gasteiger partial charge in [-0.1, -0.05) is 39.8 Å². The summed E-state index contributed by atoms with van der Waals surface area (Å²) < 4.78 is 5.48. The van der Waals surface area contributed by atoms with Gasteiger partial charge in [0.2, 0.25) is 0 Å². The van der Waals surface area contributed by atoms with Crippen molar-refractivity contribution in [3.63, 3.8) is 0 Å². The van der Waals surface area contributed by atoms with Crippen molar-refractivity contribution in [3.8, 4) is 5.75 Å². The van der Waals surface area contributed by atoms with E-state index in [2.05, 4.69) is 45.9 Å². The van der Waals surface area contributed by atoms with E-state index >= 15 is 0 Å². The first-order valence-corrected chi connectivity index (χ1v) is 6.77. The molecule has 0 spiro atoms. The molecule has 0 radical (unpaired) electrons. The zero-order chi connectivity index (χ0) is 13.7. The van der Waals surface area contributed by atoms with Gasteiger partial charge in [-0.3, -0.25) is 0 Å². The lowest BCUT2D eigenvalue weighted by molar-refractivity contribution is 0.188. The van der Waals surface area contributed by atoms with Crippen molar-refractivity contribution in [1.82, 2.24) is 0 Å². The molecular formula is C16H26O2. The maximum absolute atomic E-state index is 9.42. The SMILES string of the molecule is COc1cc(C(C)C)ccc1CC(CO)C(C)C. The summed E-state index contributed by atoms with van der Waals surface area (Å²) in [5.74, 6) is 2.22. The van der Waals surface area contributed by atoms with Gasteiger partial charge in [0.1, 0.15) is 5.75 Å². The molecule has 1 atom stereocenters.